The number of ether oxygens (including phenoxy) is 7. The second-order valence-corrected chi connectivity index (χ2v) is 25.3. The Morgan fingerprint density at radius 2 is 1.32 bits per heavy atom. The van der Waals surface area contributed by atoms with Gasteiger partial charge >= 0.3 is 25.6 Å². The van der Waals surface area contributed by atoms with Crippen molar-refractivity contribution >= 4 is 48.6 Å². The van der Waals surface area contributed by atoms with Crippen LogP contribution in [0.1, 0.15) is 100 Å². The first-order valence-electron chi connectivity index (χ1n) is 31.8. The van der Waals surface area contributed by atoms with E-state index < -0.39 is 86.1 Å². The number of nitrogens with two attached hydrogens (primary N) is 1. The zero-order chi connectivity index (χ0) is 68.5. The first kappa shape index (κ1) is 67.9. The van der Waals surface area contributed by atoms with Gasteiger partial charge in [0.15, 0.2) is 17.0 Å². The minimum Gasteiger partial charge on any atom is -0.497 e. The number of aromatic nitrogens is 6. The Kier molecular flexibility index (Phi) is 20.9. The third-order valence-electron chi connectivity index (χ3n) is 17.3. The molecule has 3 aromatic heterocycles. The van der Waals surface area contributed by atoms with Gasteiger partial charge in [-0.15, -0.1) is 0 Å². The fourth-order valence-electron chi connectivity index (χ4n) is 12.4. The van der Waals surface area contributed by atoms with Gasteiger partial charge in [0.25, 0.3) is 11.5 Å². The van der Waals surface area contributed by atoms with Crippen LogP contribution in [0.4, 0.5) is 10.6 Å². The number of esters is 1. The van der Waals surface area contributed by atoms with Crippen molar-refractivity contribution in [2.75, 3.05) is 52.5 Å². The highest BCUT2D eigenvalue weighted by atomic mass is 31.2. The molecule has 0 bridgehead atoms. The number of aromatic amines is 1. The number of nitrogens with one attached hydrogen (secondary N) is 3. The molecule has 0 spiro atoms. The van der Waals surface area contributed by atoms with Gasteiger partial charge in [-0.2, -0.15) is 0 Å². The third kappa shape index (κ3) is 14.9. The molecule has 26 nitrogen and oxygen atoms in total. The molecular weight excluding hydrogens is 1280 g/mol. The molecular formula is C71H72N9O17P. The normalized spacial score (nSPS) is 18.7. The molecule has 27 heteroatoms. The number of nitrogens with zero attached hydrogens (tertiary/aromatic N) is 5. The largest absolute Gasteiger partial charge is 0.497 e. The Morgan fingerprint density at radius 3 is 1.96 bits per heavy atom. The monoisotopic (exact) mass is 1350 g/mol. The van der Waals surface area contributed by atoms with E-state index in [9.17, 15) is 28.8 Å². The lowest BCUT2D eigenvalue weighted by Gasteiger charge is -2.37. The summed E-state index contributed by atoms with van der Waals surface area (Å²) in [5.41, 5.74) is 11.3. The van der Waals surface area contributed by atoms with Gasteiger partial charge in [0.05, 0.1) is 46.8 Å². The fraction of sp³-hybridized carbons (Fsp3) is 0.310. The predicted octanol–water partition coefficient (Wildman–Crippen LogP) is 9.34. The summed E-state index contributed by atoms with van der Waals surface area (Å²) in [7, 11) is -1.69. The molecule has 0 saturated carbocycles. The first-order chi connectivity index (χ1) is 47.5. The van der Waals surface area contributed by atoms with Gasteiger partial charge in [-0.1, -0.05) is 115 Å². The number of carbonyl (C=O) groups is 4. The molecule has 2 aliphatic heterocycles. The number of phosphoric acid groups is 1. The second kappa shape index (κ2) is 30.2. The summed E-state index contributed by atoms with van der Waals surface area (Å²) in [4.78, 5) is 94.1. The highest BCUT2D eigenvalue weighted by molar-refractivity contribution is 7.48. The highest BCUT2D eigenvalue weighted by Crippen LogP contribution is 2.54. The zero-order valence-electron chi connectivity index (χ0n) is 54.0. The molecule has 508 valence electrons. The van der Waals surface area contributed by atoms with E-state index in [0.29, 0.717) is 33.8 Å². The van der Waals surface area contributed by atoms with Crippen molar-refractivity contribution in [3.63, 3.8) is 0 Å². The number of H-pyrrole nitrogens is 1. The number of Topliss-reactive ketones (excluding diaryl/α,β-unsaturated/α-hetero) is 1. The third-order valence-corrected chi connectivity index (χ3v) is 18.8. The van der Waals surface area contributed by atoms with Crippen LogP contribution in [0.5, 0.6) is 11.5 Å². The van der Waals surface area contributed by atoms with Crippen LogP contribution in [0.2, 0.25) is 0 Å². The number of amides is 2. The van der Waals surface area contributed by atoms with Crippen molar-refractivity contribution in [1.29, 1.82) is 0 Å². The van der Waals surface area contributed by atoms with Crippen LogP contribution in [-0.4, -0.2) is 124 Å². The molecule has 5 N–H and O–H groups in total. The summed E-state index contributed by atoms with van der Waals surface area (Å²) < 4.78 is 80.0. The maximum atomic E-state index is 15.4. The van der Waals surface area contributed by atoms with Gasteiger partial charge in [-0.3, -0.25) is 42.1 Å². The molecule has 2 amide bonds. The molecule has 9 aromatic rings. The lowest BCUT2D eigenvalue weighted by molar-refractivity contribution is -0.153. The summed E-state index contributed by atoms with van der Waals surface area (Å²) in [5.74, 6) is -0.324. The SMILES string of the molecule is COc1ccc(C(OCC2O[C@@H](n3cc(C)c(=O)[nH]c3=O)CC2OP(=O)(OCCN)OC[C@H]2O[C@@H](n3cnc4c(NC(=O)c5ccc(CNC(=O)OCC6c7ccccc7-c7ccccc76)cc5)ncnc43)CC2OC(=O)CCC(C)=O)(c2ccccc2)c2ccc(OC)cc2)cc1. The molecule has 98 heavy (non-hydrogen) atoms. The molecule has 5 heterocycles. The van der Waals surface area contributed by atoms with E-state index in [-0.39, 0.29) is 98.4 Å². The van der Waals surface area contributed by atoms with Gasteiger partial charge in [-0.05, 0) is 94.8 Å². The first-order valence-corrected chi connectivity index (χ1v) is 33.2. The summed E-state index contributed by atoms with van der Waals surface area (Å²) >= 11 is 0. The molecule has 1 aliphatic carbocycles. The Morgan fingerprint density at radius 1 is 0.704 bits per heavy atom. The van der Waals surface area contributed by atoms with Gasteiger partial charge in [-0.25, -0.2) is 29.1 Å². The topological polar surface area (TPSA) is 326 Å². The number of rotatable bonds is 28. The van der Waals surface area contributed by atoms with Gasteiger partial charge < -0.3 is 54.3 Å². The number of anilines is 1. The number of hydrogen-bond donors (Lipinski definition) is 4. The Labute approximate surface area is 562 Å². The minimum atomic E-state index is -4.82. The maximum Gasteiger partial charge on any atom is 0.475 e. The van der Waals surface area contributed by atoms with Crippen LogP contribution < -0.4 is 37.1 Å². The van der Waals surface area contributed by atoms with E-state index in [4.69, 9.17) is 52.5 Å². The van der Waals surface area contributed by atoms with Crippen LogP contribution in [0.15, 0.2) is 180 Å². The predicted molar refractivity (Wildman–Crippen MR) is 356 cm³/mol. The molecule has 12 rings (SSSR count). The van der Waals surface area contributed by atoms with Crippen LogP contribution in [0.3, 0.4) is 0 Å². The van der Waals surface area contributed by atoms with E-state index in [1.165, 1.54) is 37.3 Å². The molecule has 2 fully saturated rings. The average Bonchev–Trinajstić information content (AvgIpc) is 0.971. The van der Waals surface area contributed by atoms with Crippen LogP contribution >= 0.6 is 7.82 Å². The van der Waals surface area contributed by atoms with Crippen LogP contribution in [0.25, 0.3) is 22.3 Å². The molecule has 4 unspecified atom stereocenters. The molecule has 3 aliphatic rings. The number of phosphoric ester groups is 1. The van der Waals surface area contributed by atoms with Crippen molar-refractivity contribution in [1.82, 2.24) is 34.4 Å². The van der Waals surface area contributed by atoms with Crippen molar-refractivity contribution in [2.45, 2.75) is 94.5 Å². The number of alkyl carbamates (subject to hydrolysis) is 1. The number of carbonyl (C=O) groups excluding carboxylic acids is 4. The Hall–Kier alpha value is -10.0. The van der Waals surface area contributed by atoms with Gasteiger partial charge in [0.1, 0.15) is 72.7 Å². The quantitative estimate of drug-likeness (QED) is 0.0201. The lowest BCUT2D eigenvalue weighted by Crippen LogP contribution is -2.38. The standard InChI is InChI=1S/C71H72N9O17P/c1-43-37-79(69(85)78-67(43)83)61-35-58(59(94-61)39-91-71(47-12-6-5-7-13-47,48-23-27-50(88-3)28-24-48)49-25-29-51(89-4)30-26-49)97-98(87,92-33-32-72)93-40-60-57(96-63(82)31-18-44(2)81)34-62(95-60)80-42-76-64-65(74-41-75-66(64)80)77-68(84)46-21-19-45(20-22-46)36-73-70(86)90-38-56-54-16-10-8-14-52(54)53-15-9-11-17-55(53)56/h5-17,19-30,37,41-42,56-62H,18,31-36,38-40,72H2,1-4H3,(H,73,86)(H,78,83,85)(H,74,75,77,84)/t57?,58?,59?,60-,61-,62-,98?/m1/s1. The summed E-state index contributed by atoms with van der Waals surface area (Å²) in [5, 5.41) is 5.61. The Balaban J connectivity index is 0.758. The zero-order valence-corrected chi connectivity index (χ0v) is 54.9. The van der Waals surface area contributed by atoms with E-state index in [0.717, 1.165) is 22.3 Å². The number of imidazole rings is 1. The number of ketones is 1. The molecule has 2 saturated heterocycles. The van der Waals surface area contributed by atoms with E-state index in [2.05, 4.69) is 42.7 Å². The fourth-order valence-corrected chi connectivity index (χ4v) is 13.8. The van der Waals surface area contributed by atoms with Crippen LogP contribution in [-0.2, 0) is 63.6 Å². The van der Waals surface area contributed by atoms with Gasteiger partial charge in [0, 0.05) is 55.6 Å². The van der Waals surface area contributed by atoms with Crippen LogP contribution in [0, 0.1) is 6.92 Å². The number of aryl methyl sites for hydroxylation is 1. The molecule has 0 radical (unpaired) electrons. The van der Waals surface area contributed by atoms with E-state index in [1.807, 2.05) is 115 Å². The van der Waals surface area contributed by atoms with Crippen molar-refractivity contribution in [2.24, 2.45) is 5.73 Å². The average molecular weight is 1350 g/mol. The summed E-state index contributed by atoms with van der Waals surface area (Å²) in [6.07, 6.45) is -3.90. The highest BCUT2D eigenvalue weighted by Gasteiger charge is 2.48. The minimum absolute atomic E-state index is 0.0369. The second-order valence-electron chi connectivity index (χ2n) is 23.6. The number of fused-ring (bicyclic) bond motifs is 4. The molecule has 7 atom stereocenters. The summed E-state index contributed by atoms with van der Waals surface area (Å²) in [6.45, 7) is 1.85. The van der Waals surface area contributed by atoms with Crippen molar-refractivity contribution in [3.05, 3.63) is 236 Å². The number of hydrogen-bond acceptors (Lipinski definition) is 21. The number of benzene rings is 6. The van der Waals surface area contributed by atoms with E-state index in [1.54, 1.807) is 43.1 Å². The lowest BCUT2D eigenvalue weighted by atomic mass is 9.80. The van der Waals surface area contributed by atoms with Gasteiger partial charge in [0.2, 0.25) is 0 Å². The number of methoxy groups -OCH3 is 2. The maximum absolute atomic E-state index is 15.4. The smallest absolute Gasteiger partial charge is 0.475 e. The Bertz CT molecular complexity index is 4420. The van der Waals surface area contributed by atoms with Crippen molar-refractivity contribution in [3.8, 4) is 22.6 Å². The van der Waals surface area contributed by atoms with Crippen molar-refractivity contribution < 1.29 is 70.5 Å². The summed E-state index contributed by atoms with van der Waals surface area (Å²) in [6, 6.07) is 47.0. The van der Waals surface area contributed by atoms with E-state index >= 15 is 4.57 Å². The molecule has 6 aromatic carbocycles.